The molecule has 1 aromatic carbocycles. The monoisotopic (exact) mass is 361 g/mol. The lowest BCUT2D eigenvalue weighted by atomic mass is 10.2. The number of halogens is 1. The Morgan fingerprint density at radius 2 is 1.89 bits per heavy atom. The first-order chi connectivity index (χ1) is 13.2. The second-order valence-corrected chi connectivity index (χ2v) is 6.00. The number of hydrogen-bond donors (Lipinski definition) is 2. The van der Waals surface area contributed by atoms with Crippen LogP contribution in [0.3, 0.4) is 0 Å². The molecule has 132 valence electrons. The largest absolute Gasteiger partial charge is 0.326 e. The van der Waals surface area contributed by atoms with Gasteiger partial charge in [-0.3, -0.25) is 9.97 Å². The van der Waals surface area contributed by atoms with Crippen LogP contribution in [0, 0.1) is 5.82 Å². The molecule has 0 amide bonds. The minimum atomic E-state index is -0.376. The molecule has 27 heavy (non-hydrogen) atoms. The van der Waals surface area contributed by atoms with Crippen LogP contribution >= 0.6 is 0 Å². The van der Waals surface area contributed by atoms with Gasteiger partial charge in [0.1, 0.15) is 17.2 Å². The second-order valence-electron chi connectivity index (χ2n) is 6.00. The van der Waals surface area contributed by atoms with Crippen molar-refractivity contribution in [1.29, 1.82) is 0 Å². The van der Waals surface area contributed by atoms with Gasteiger partial charge < -0.3 is 0 Å². The maximum Gasteiger partial charge on any atom is 0.326 e. The summed E-state index contributed by atoms with van der Waals surface area (Å²) in [5.41, 5.74) is 2.51. The number of nitrogens with zero attached hydrogens (tertiary/aromatic N) is 5. The van der Waals surface area contributed by atoms with Gasteiger partial charge in [-0.2, -0.15) is 5.10 Å². The Hall–Kier alpha value is -3.88. The van der Waals surface area contributed by atoms with Crippen LogP contribution in [0.5, 0.6) is 0 Å². The standard InChI is InChI=1S/C18H12FN7O/c19-12-6-2-1-4-10(12)9-26-17-11(5-3-7-20-17)14(25-26)13-8-21-15-16(22-13)24-18(27)23-15/h1-8H,9H2,(H2,21,22,23,24,27). The van der Waals surface area contributed by atoms with Crippen molar-refractivity contribution in [3.05, 3.63) is 70.7 Å². The average molecular weight is 361 g/mol. The molecule has 0 saturated heterocycles. The average Bonchev–Trinajstić information content (AvgIpc) is 3.23. The third-order valence-corrected chi connectivity index (χ3v) is 4.26. The lowest BCUT2D eigenvalue weighted by Crippen LogP contribution is -2.04. The lowest BCUT2D eigenvalue weighted by Gasteiger charge is -2.04. The molecule has 0 aliphatic heterocycles. The number of hydrogen-bond acceptors (Lipinski definition) is 5. The van der Waals surface area contributed by atoms with E-state index in [1.165, 1.54) is 12.3 Å². The van der Waals surface area contributed by atoms with Gasteiger partial charge in [-0.05, 0) is 18.2 Å². The molecule has 0 aliphatic rings. The van der Waals surface area contributed by atoms with E-state index in [0.29, 0.717) is 33.9 Å². The van der Waals surface area contributed by atoms with Crippen molar-refractivity contribution in [3.63, 3.8) is 0 Å². The first kappa shape index (κ1) is 15.4. The van der Waals surface area contributed by atoms with Crippen LogP contribution in [0.25, 0.3) is 33.7 Å². The van der Waals surface area contributed by atoms with E-state index < -0.39 is 0 Å². The fraction of sp³-hybridized carbons (Fsp3) is 0.0556. The van der Waals surface area contributed by atoms with E-state index in [0.717, 1.165) is 5.39 Å². The van der Waals surface area contributed by atoms with Gasteiger partial charge in [-0.1, -0.05) is 18.2 Å². The van der Waals surface area contributed by atoms with Gasteiger partial charge in [0, 0.05) is 17.1 Å². The smallest absolute Gasteiger partial charge is 0.289 e. The molecule has 5 rings (SSSR count). The zero-order valence-corrected chi connectivity index (χ0v) is 13.8. The van der Waals surface area contributed by atoms with Gasteiger partial charge in [0.15, 0.2) is 16.9 Å². The molecule has 2 N–H and O–H groups in total. The molecule has 0 aliphatic carbocycles. The Morgan fingerprint density at radius 3 is 2.78 bits per heavy atom. The molecule has 0 radical (unpaired) electrons. The van der Waals surface area contributed by atoms with E-state index in [4.69, 9.17) is 0 Å². The summed E-state index contributed by atoms with van der Waals surface area (Å²) in [6.07, 6.45) is 3.19. The van der Waals surface area contributed by atoms with Crippen molar-refractivity contribution in [2.75, 3.05) is 0 Å². The first-order valence-electron chi connectivity index (χ1n) is 8.19. The molecule has 0 bridgehead atoms. The Bertz CT molecular complexity index is 1350. The van der Waals surface area contributed by atoms with E-state index >= 15 is 0 Å². The zero-order valence-electron chi connectivity index (χ0n) is 13.8. The molecular weight excluding hydrogens is 349 g/mol. The van der Waals surface area contributed by atoms with E-state index in [1.54, 1.807) is 35.1 Å². The highest BCUT2D eigenvalue weighted by Crippen LogP contribution is 2.26. The second kappa shape index (κ2) is 5.84. The number of nitrogens with one attached hydrogen (secondary N) is 2. The summed E-state index contributed by atoms with van der Waals surface area (Å²) < 4.78 is 15.7. The van der Waals surface area contributed by atoms with Crippen LogP contribution in [0.15, 0.2) is 53.6 Å². The van der Waals surface area contributed by atoms with Crippen LogP contribution in [-0.4, -0.2) is 34.7 Å². The molecule has 0 spiro atoms. The highest BCUT2D eigenvalue weighted by Gasteiger charge is 2.16. The number of fused-ring (bicyclic) bond motifs is 2. The number of aromatic amines is 2. The fourth-order valence-corrected chi connectivity index (χ4v) is 3.03. The highest BCUT2D eigenvalue weighted by molar-refractivity contribution is 5.90. The highest BCUT2D eigenvalue weighted by atomic mass is 19.1. The number of rotatable bonds is 3. The van der Waals surface area contributed by atoms with Crippen molar-refractivity contribution in [2.45, 2.75) is 6.54 Å². The van der Waals surface area contributed by atoms with Gasteiger partial charge in [0.2, 0.25) is 0 Å². The molecular formula is C18H12FN7O. The predicted octanol–water partition coefficient (Wildman–Crippen LogP) is 2.25. The van der Waals surface area contributed by atoms with Crippen LogP contribution in [0.2, 0.25) is 0 Å². The number of aromatic nitrogens is 7. The number of benzene rings is 1. The third kappa shape index (κ3) is 2.56. The van der Waals surface area contributed by atoms with Gasteiger partial charge >= 0.3 is 5.69 Å². The van der Waals surface area contributed by atoms with Crippen LogP contribution in [0.4, 0.5) is 4.39 Å². The molecule has 5 aromatic rings. The lowest BCUT2D eigenvalue weighted by molar-refractivity contribution is 0.589. The minimum Gasteiger partial charge on any atom is -0.289 e. The van der Waals surface area contributed by atoms with Crippen LogP contribution < -0.4 is 5.69 Å². The summed E-state index contributed by atoms with van der Waals surface area (Å²) in [5, 5.41) is 5.36. The SMILES string of the molecule is O=c1[nH]c2ncc(-c3nn(Cc4ccccc4F)c4ncccc34)nc2[nH]1. The Labute approximate surface area is 150 Å². The van der Waals surface area contributed by atoms with Crippen molar-refractivity contribution in [2.24, 2.45) is 0 Å². The maximum atomic E-state index is 14.1. The Kier molecular flexibility index (Phi) is 3.32. The summed E-state index contributed by atoms with van der Waals surface area (Å²) >= 11 is 0. The van der Waals surface area contributed by atoms with Gasteiger partial charge in [-0.25, -0.2) is 28.8 Å². The summed E-state index contributed by atoms with van der Waals surface area (Å²) in [6, 6.07) is 10.2. The number of pyridine rings is 1. The molecule has 4 aromatic heterocycles. The van der Waals surface area contributed by atoms with E-state index in [2.05, 4.69) is 30.0 Å². The topological polar surface area (TPSA) is 105 Å². The zero-order chi connectivity index (χ0) is 18.4. The first-order valence-corrected chi connectivity index (χ1v) is 8.19. The van der Waals surface area contributed by atoms with Crippen molar-refractivity contribution < 1.29 is 4.39 Å². The fourth-order valence-electron chi connectivity index (χ4n) is 3.03. The molecule has 4 heterocycles. The minimum absolute atomic E-state index is 0.233. The number of imidazole rings is 1. The predicted molar refractivity (Wildman–Crippen MR) is 96.5 cm³/mol. The normalized spacial score (nSPS) is 11.4. The van der Waals surface area contributed by atoms with Crippen molar-refractivity contribution in [3.8, 4) is 11.4 Å². The Balaban J connectivity index is 1.68. The molecule has 9 heteroatoms. The van der Waals surface area contributed by atoms with E-state index in [9.17, 15) is 9.18 Å². The number of H-pyrrole nitrogens is 2. The van der Waals surface area contributed by atoms with E-state index in [-0.39, 0.29) is 18.1 Å². The van der Waals surface area contributed by atoms with Crippen molar-refractivity contribution in [1.82, 2.24) is 34.7 Å². The van der Waals surface area contributed by atoms with Crippen LogP contribution in [-0.2, 0) is 6.54 Å². The Morgan fingerprint density at radius 1 is 1.04 bits per heavy atom. The summed E-state index contributed by atoms with van der Waals surface area (Å²) in [5.74, 6) is -0.301. The summed E-state index contributed by atoms with van der Waals surface area (Å²) in [4.78, 5) is 29.6. The van der Waals surface area contributed by atoms with Crippen LogP contribution in [0.1, 0.15) is 5.56 Å². The van der Waals surface area contributed by atoms with E-state index in [1.807, 2.05) is 6.07 Å². The van der Waals surface area contributed by atoms with Gasteiger partial charge in [0.25, 0.3) is 0 Å². The van der Waals surface area contributed by atoms with Crippen molar-refractivity contribution >= 4 is 22.3 Å². The van der Waals surface area contributed by atoms with Gasteiger partial charge in [0.05, 0.1) is 12.7 Å². The molecule has 8 nitrogen and oxygen atoms in total. The molecule has 0 saturated carbocycles. The maximum absolute atomic E-state index is 14.1. The molecule has 0 atom stereocenters. The molecule has 0 fully saturated rings. The quantitative estimate of drug-likeness (QED) is 0.513. The van der Waals surface area contributed by atoms with Gasteiger partial charge in [-0.15, -0.1) is 0 Å². The summed E-state index contributed by atoms with van der Waals surface area (Å²) in [7, 11) is 0. The third-order valence-electron chi connectivity index (χ3n) is 4.26. The molecule has 0 unspecified atom stereocenters. The summed E-state index contributed by atoms with van der Waals surface area (Å²) in [6.45, 7) is 0.233.